The molecule has 0 spiro atoms. The summed E-state index contributed by atoms with van der Waals surface area (Å²) in [6, 6.07) is 17.0. The van der Waals surface area contributed by atoms with Crippen molar-refractivity contribution in [1.29, 1.82) is 0 Å². The fraction of sp³-hybridized carbons (Fsp3) is 0.0870. The zero-order valence-corrected chi connectivity index (χ0v) is 17.0. The molecule has 3 aromatic carbocycles. The lowest BCUT2D eigenvalue weighted by molar-refractivity contribution is 0.0526. The number of ether oxygens (including phenoxy) is 1. The number of esters is 1. The highest BCUT2D eigenvalue weighted by Gasteiger charge is 2.22. The van der Waals surface area contributed by atoms with Crippen molar-refractivity contribution in [3.05, 3.63) is 105 Å². The molecule has 0 aliphatic carbocycles. The zero-order valence-electron chi connectivity index (χ0n) is 15.4. The number of hydrogen-bond donors (Lipinski definition) is 0. The average molecular weight is 427 g/mol. The Morgan fingerprint density at radius 1 is 0.690 bits per heavy atom. The highest BCUT2D eigenvalue weighted by atomic mass is 35.5. The van der Waals surface area contributed by atoms with E-state index >= 15 is 0 Å². The first-order valence-electron chi connectivity index (χ1n) is 8.82. The maximum atomic E-state index is 13.1. The van der Waals surface area contributed by atoms with Gasteiger partial charge < -0.3 is 4.74 Å². The molecule has 0 amide bonds. The van der Waals surface area contributed by atoms with Gasteiger partial charge in [0.2, 0.25) is 0 Å². The first-order valence-corrected chi connectivity index (χ1v) is 9.58. The van der Waals surface area contributed by atoms with E-state index in [9.17, 15) is 14.4 Å². The number of carbonyl (C=O) groups is 3. The Morgan fingerprint density at radius 3 is 1.62 bits per heavy atom. The van der Waals surface area contributed by atoms with E-state index in [-0.39, 0.29) is 29.1 Å². The quantitative estimate of drug-likeness (QED) is 0.378. The van der Waals surface area contributed by atoms with E-state index in [1.807, 2.05) is 0 Å². The molecule has 0 aliphatic heterocycles. The fourth-order valence-corrected chi connectivity index (χ4v) is 3.04. The predicted molar refractivity (Wildman–Crippen MR) is 112 cm³/mol. The molecule has 0 bridgehead atoms. The van der Waals surface area contributed by atoms with Crippen LogP contribution in [0.2, 0.25) is 10.0 Å². The highest BCUT2D eigenvalue weighted by Crippen LogP contribution is 2.22. The zero-order chi connectivity index (χ0) is 21.0. The first-order chi connectivity index (χ1) is 13.9. The van der Waals surface area contributed by atoms with Crippen molar-refractivity contribution in [2.24, 2.45) is 0 Å². The number of hydrogen-bond acceptors (Lipinski definition) is 4. The Kier molecular flexibility index (Phi) is 6.47. The molecule has 0 aromatic heterocycles. The van der Waals surface area contributed by atoms with Gasteiger partial charge in [0.25, 0.3) is 0 Å². The number of benzene rings is 3. The van der Waals surface area contributed by atoms with Crippen LogP contribution in [0.4, 0.5) is 0 Å². The predicted octanol–water partition coefficient (Wildman–Crippen LogP) is 5.63. The summed E-state index contributed by atoms with van der Waals surface area (Å²) >= 11 is 11.8. The van der Waals surface area contributed by atoms with Crippen molar-refractivity contribution in [3.63, 3.8) is 0 Å². The normalized spacial score (nSPS) is 10.4. The van der Waals surface area contributed by atoms with Crippen molar-refractivity contribution < 1.29 is 19.1 Å². The molecule has 0 saturated carbocycles. The van der Waals surface area contributed by atoms with Crippen molar-refractivity contribution in [3.8, 4) is 0 Å². The lowest BCUT2D eigenvalue weighted by Crippen LogP contribution is -2.14. The van der Waals surface area contributed by atoms with E-state index < -0.39 is 11.8 Å². The lowest BCUT2D eigenvalue weighted by Gasteiger charge is -2.11. The maximum absolute atomic E-state index is 13.1. The van der Waals surface area contributed by atoms with Gasteiger partial charge in [-0.3, -0.25) is 9.59 Å². The smallest absolute Gasteiger partial charge is 0.338 e. The minimum atomic E-state index is -0.567. The summed E-state index contributed by atoms with van der Waals surface area (Å²) in [6.45, 7) is 1.89. The van der Waals surface area contributed by atoms with Crippen LogP contribution in [-0.4, -0.2) is 24.1 Å². The Labute approximate surface area is 178 Å². The van der Waals surface area contributed by atoms with Gasteiger partial charge in [0.05, 0.1) is 12.2 Å². The summed E-state index contributed by atoms with van der Waals surface area (Å²) in [6.07, 6.45) is 0. The van der Waals surface area contributed by atoms with Crippen molar-refractivity contribution in [2.75, 3.05) is 6.61 Å². The lowest BCUT2D eigenvalue weighted by atomic mass is 9.92. The minimum absolute atomic E-state index is 0.109. The second kappa shape index (κ2) is 9.03. The molecule has 0 radical (unpaired) electrons. The largest absolute Gasteiger partial charge is 0.462 e. The van der Waals surface area contributed by atoms with E-state index in [4.69, 9.17) is 27.9 Å². The second-order valence-electron chi connectivity index (χ2n) is 6.15. The van der Waals surface area contributed by atoms with Gasteiger partial charge in [-0.05, 0) is 73.7 Å². The summed E-state index contributed by atoms with van der Waals surface area (Å²) in [5.41, 5.74) is 1.21. The van der Waals surface area contributed by atoms with Gasteiger partial charge in [-0.2, -0.15) is 0 Å². The molecule has 6 heteroatoms. The molecule has 0 aliphatic rings. The molecular weight excluding hydrogens is 411 g/mol. The Hall–Kier alpha value is -2.95. The van der Waals surface area contributed by atoms with Crippen LogP contribution >= 0.6 is 23.2 Å². The van der Waals surface area contributed by atoms with Crippen LogP contribution in [0.1, 0.15) is 49.1 Å². The number of carbonyl (C=O) groups excluding carboxylic acids is 3. The monoisotopic (exact) mass is 426 g/mol. The molecule has 0 unspecified atom stereocenters. The van der Waals surface area contributed by atoms with E-state index in [0.717, 1.165) is 0 Å². The summed E-state index contributed by atoms with van der Waals surface area (Å²) in [5, 5.41) is 0.982. The van der Waals surface area contributed by atoms with Gasteiger partial charge in [-0.1, -0.05) is 23.2 Å². The van der Waals surface area contributed by atoms with Crippen molar-refractivity contribution >= 4 is 40.7 Å². The molecule has 146 valence electrons. The second-order valence-corrected chi connectivity index (χ2v) is 7.03. The van der Waals surface area contributed by atoms with Crippen LogP contribution in [0, 0.1) is 0 Å². The SMILES string of the molecule is CCOC(=O)c1ccc(C(=O)c2ccc(Cl)cc2)c(C(=O)c2ccc(Cl)cc2)c1. The molecule has 0 fully saturated rings. The van der Waals surface area contributed by atoms with Crippen LogP contribution in [0.5, 0.6) is 0 Å². The van der Waals surface area contributed by atoms with Crippen LogP contribution in [0.15, 0.2) is 66.7 Å². The van der Waals surface area contributed by atoms with Gasteiger partial charge in [-0.15, -0.1) is 0 Å². The molecule has 0 saturated heterocycles. The Balaban J connectivity index is 2.10. The van der Waals surface area contributed by atoms with Crippen LogP contribution < -0.4 is 0 Å². The molecule has 4 nitrogen and oxygen atoms in total. The topological polar surface area (TPSA) is 60.4 Å². The molecule has 29 heavy (non-hydrogen) atoms. The maximum Gasteiger partial charge on any atom is 0.338 e. The highest BCUT2D eigenvalue weighted by molar-refractivity contribution is 6.31. The van der Waals surface area contributed by atoms with E-state index in [1.165, 1.54) is 18.2 Å². The van der Waals surface area contributed by atoms with Crippen molar-refractivity contribution in [2.45, 2.75) is 6.92 Å². The standard InChI is InChI=1S/C23H16Cl2O4/c1-2-29-23(28)16-7-12-19(21(26)14-3-8-17(24)9-4-14)20(13-16)22(27)15-5-10-18(25)11-6-15/h3-13H,2H2,1H3. The summed E-state index contributed by atoms with van der Waals surface area (Å²) in [4.78, 5) is 38.3. The summed E-state index contributed by atoms with van der Waals surface area (Å²) < 4.78 is 5.01. The number of rotatable bonds is 6. The Morgan fingerprint density at radius 2 is 1.14 bits per heavy atom. The molecule has 0 heterocycles. The summed E-state index contributed by atoms with van der Waals surface area (Å²) in [7, 11) is 0. The molecule has 0 atom stereocenters. The Bertz CT molecular complexity index is 1070. The van der Waals surface area contributed by atoms with Crippen LogP contribution in [0.25, 0.3) is 0 Å². The molecule has 0 N–H and O–H groups in total. The van der Waals surface area contributed by atoms with Gasteiger partial charge in [-0.25, -0.2) is 4.79 Å². The van der Waals surface area contributed by atoms with E-state index in [0.29, 0.717) is 21.2 Å². The van der Waals surface area contributed by atoms with E-state index in [1.54, 1.807) is 55.5 Å². The van der Waals surface area contributed by atoms with Gasteiger partial charge >= 0.3 is 5.97 Å². The third-order valence-corrected chi connectivity index (χ3v) is 4.74. The van der Waals surface area contributed by atoms with Crippen LogP contribution in [-0.2, 0) is 4.74 Å². The third kappa shape index (κ3) is 4.73. The number of ketones is 2. The van der Waals surface area contributed by atoms with Crippen molar-refractivity contribution in [1.82, 2.24) is 0 Å². The third-order valence-electron chi connectivity index (χ3n) is 4.23. The van der Waals surface area contributed by atoms with Gasteiger partial charge in [0.15, 0.2) is 11.6 Å². The van der Waals surface area contributed by atoms with E-state index in [2.05, 4.69) is 0 Å². The fourth-order valence-electron chi connectivity index (χ4n) is 2.79. The first kappa shape index (κ1) is 20.8. The molecule has 3 rings (SSSR count). The van der Waals surface area contributed by atoms with Gasteiger partial charge in [0.1, 0.15) is 0 Å². The number of halogens is 2. The minimum Gasteiger partial charge on any atom is -0.462 e. The average Bonchev–Trinajstić information content (AvgIpc) is 2.73. The van der Waals surface area contributed by atoms with Crippen LogP contribution in [0.3, 0.4) is 0 Å². The molecule has 3 aromatic rings. The van der Waals surface area contributed by atoms with Gasteiger partial charge in [0, 0.05) is 32.3 Å². The molecular formula is C23H16Cl2O4. The summed E-state index contributed by atoms with van der Waals surface area (Å²) in [5.74, 6) is -1.32.